The van der Waals surface area contributed by atoms with E-state index in [9.17, 15) is 14.7 Å². The fourth-order valence-corrected chi connectivity index (χ4v) is 3.07. The fraction of sp³-hybridized carbons (Fsp3) is 0.333. The molecule has 7 heteroatoms. The third-order valence-corrected chi connectivity index (χ3v) is 4.44. The molecule has 1 aliphatic heterocycles. The first kappa shape index (κ1) is 17.0. The van der Waals surface area contributed by atoms with Crippen molar-refractivity contribution in [3.63, 3.8) is 0 Å². The Bertz CT molecular complexity index is 739. The molecule has 1 fully saturated rings. The van der Waals surface area contributed by atoms with E-state index in [1.165, 1.54) is 18.7 Å². The van der Waals surface area contributed by atoms with Crippen LogP contribution in [0.5, 0.6) is 0 Å². The minimum absolute atomic E-state index is 0.219. The molecule has 1 saturated heterocycles. The van der Waals surface area contributed by atoms with Gasteiger partial charge >= 0.3 is 5.97 Å². The van der Waals surface area contributed by atoms with Crippen molar-refractivity contribution in [2.24, 2.45) is 0 Å². The molecule has 1 unspecified atom stereocenters. The Kier molecular flexibility index (Phi) is 5.04. The number of hydrogen-bond acceptors (Lipinski definition) is 5. The molecule has 0 radical (unpaired) electrons. The number of carboxylic acid groups (broad SMARTS) is 1. The lowest BCUT2D eigenvalue weighted by Gasteiger charge is -2.30. The summed E-state index contributed by atoms with van der Waals surface area (Å²) in [5.74, 6) is -1.61. The van der Waals surface area contributed by atoms with E-state index in [0.29, 0.717) is 12.8 Å². The first-order valence-corrected chi connectivity index (χ1v) is 8.08. The monoisotopic (exact) mass is 341 g/mol. The van der Waals surface area contributed by atoms with Gasteiger partial charge in [0, 0.05) is 18.8 Å². The second-order valence-electron chi connectivity index (χ2n) is 5.99. The van der Waals surface area contributed by atoms with Gasteiger partial charge in [0.05, 0.1) is 18.3 Å². The van der Waals surface area contributed by atoms with Crippen LogP contribution in [0.4, 0.5) is 0 Å². The second-order valence-corrected chi connectivity index (χ2v) is 5.99. The lowest BCUT2D eigenvalue weighted by atomic mass is 9.87. The van der Waals surface area contributed by atoms with Crippen molar-refractivity contribution >= 4 is 11.9 Å². The first-order chi connectivity index (χ1) is 12.1. The zero-order valence-corrected chi connectivity index (χ0v) is 13.6. The minimum Gasteiger partial charge on any atom is -0.479 e. The average molecular weight is 341 g/mol. The van der Waals surface area contributed by atoms with Gasteiger partial charge in [0.1, 0.15) is 6.33 Å². The molecule has 0 saturated carbocycles. The number of nitrogens with one attached hydrogen (secondary N) is 1. The number of ether oxygens (including phenoxy) is 1. The lowest BCUT2D eigenvalue weighted by molar-refractivity contribution is -0.147. The molecular formula is C18H19N3O4. The maximum atomic E-state index is 12.4. The number of hydrogen-bond donors (Lipinski definition) is 2. The van der Waals surface area contributed by atoms with Gasteiger partial charge < -0.3 is 15.2 Å². The number of amides is 1. The molecule has 2 atom stereocenters. The van der Waals surface area contributed by atoms with Crippen molar-refractivity contribution in [2.45, 2.75) is 30.9 Å². The third-order valence-electron chi connectivity index (χ3n) is 4.44. The van der Waals surface area contributed by atoms with Crippen LogP contribution in [-0.2, 0) is 16.0 Å². The van der Waals surface area contributed by atoms with Gasteiger partial charge in [-0.2, -0.15) is 0 Å². The number of carbonyl (C=O) groups excluding carboxylic acids is 1. The summed E-state index contributed by atoms with van der Waals surface area (Å²) in [6, 6.07) is 9.77. The maximum Gasteiger partial charge on any atom is 0.332 e. The van der Waals surface area contributed by atoms with Gasteiger partial charge in [-0.3, -0.25) is 4.79 Å². The van der Waals surface area contributed by atoms with E-state index in [4.69, 9.17) is 4.74 Å². The Labute approximate surface area is 145 Å². The zero-order valence-electron chi connectivity index (χ0n) is 13.6. The highest BCUT2D eigenvalue weighted by Gasteiger charge is 2.51. The van der Waals surface area contributed by atoms with Crippen LogP contribution in [-0.4, -0.2) is 45.2 Å². The predicted octanol–water partition coefficient (Wildman–Crippen LogP) is 1.45. The number of rotatable bonds is 6. The standard InChI is InChI=1S/C18H19N3O4/c22-16(14-10-19-12-20-11-14)21-18(17(23)24)8-9-25-15(18)7-6-13-4-2-1-3-5-13/h1-5,10-12,15H,6-9H2,(H,21,22)(H,23,24)/t15-,18?/m0/s1. The number of carbonyl (C=O) groups is 2. The maximum absolute atomic E-state index is 12.4. The number of nitrogens with zero attached hydrogens (tertiary/aromatic N) is 2. The van der Waals surface area contributed by atoms with E-state index >= 15 is 0 Å². The van der Waals surface area contributed by atoms with E-state index in [-0.39, 0.29) is 18.6 Å². The highest BCUT2D eigenvalue weighted by molar-refractivity contribution is 5.97. The summed E-state index contributed by atoms with van der Waals surface area (Å²) in [6.45, 7) is 0.289. The number of aliphatic carboxylic acids is 1. The Balaban J connectivity index is 1.75. The Morgan fingerprint density at radius 3 is 2.64 bits per heavy atom. The van der Waals surface area contributed by atoms with Gasteiger partial charge in [-0.1, -0.05) is 30.3 Å². The molecule has 3 rings (SSSR count). The van der Waals surface area contributed by atoms with E-state index in [2.05, 4.69) is 15.3 Å². The second kappa shape index (κ2) is 7.40. The van der Waals surface area contributed by atoms with Crippen LogP contribution in [0.15, 0.2) is 49.1 Å². The number of aromatic nitrogens is 2. The SMILES string of the molecule is O=C(NC1(C(=O)O)CCO[C@H]1CCc1ccccc1)c1cncnc1. The van der Waals surface area contributed by atoms with Crippen molar-refractivity contribution in [1.29, 1.82) is 0 Å². The Morgan fingerprint density at radius 2 is 1.96 bits per heavy atom. The molecule has 2 heterocycles. The van der Waals surface area contributed by atoms with Gasteiger partial charge in [0.25, 0.3) is 5.91 Å². The van der Waals surface area contributed by atoms with Crippen molar-refractivity contribution < 1.29 is 19.4 Å². The Hall–Kier alpha value is -2.80. The van der Waals surface area contributed by atoms with Crippen LogP contribution in [0.25, 0.3) is 0 Å². The summed E-state index contributed by atoms with van der Waals surface area (Å²) in [4.78, 5) is 32.0. The smallest absolute Gasteiger partial charge is 0.332 e. The molecular weight excluding hydrogens is 322 g/mol. The summed E-state index contributed by atoms with van der Waals surface area (Å²) >= 11 is 0. The molecule has 7 nitrogen and oxygen atoms in total. The summed E-state index contributed by atoms with van der Waals surface area (Å²) in [5, 5.41) is 12.5. The van der Waals surface area contributed by atoms with Crippen molar-refractivity contribution in [1.82, 2.24) is 15.3 Å². The molecule has 2 N–H and O–H groups in total. The lowest BCUT2D eigenvalue weighted by Crippen LogP contribution is -2.59. The van der Waals surface area contributed by atoms with Gasteiger partial charge in [0.15, 0.2) is 5.54 Å². The topological polar surface area (TPSA) is 101 Å². The molecule has 0 spiro atoms. The van der Waals surface area contributed by atoms with Crippen LogP contribution in [0.2, 0.25) is 0 Å². The highest BCUT2D eigenvalue weighted by Crippen LogP contribution is 2.30. The summed E-state index contributed by atoms with van der Waals surface area (Å²) < 4.78 is 5.66. The number of aryl methyl sites for hydroxylation is 1. The molecule has 130 valence electrons. The largest absolute Gasteiger partial charge is 0.479 e. The van der Waals surface area contributed by atoms with E-state index in [1.54, 1.807) is 0 Å². The van der Waals surface area contributed by atoms with Crippen LogP contribution < -0.4 is 5.32 Å². The molecule has 1 aromatic heterocycles. The summed E-state index contributed by atoms with van der Waals surface area (Å²) in [5.41, 5.74) is -0.126. The Morgan fingerprint density at radius 1 is 1.24 bits per heavy atom. The molecule has 1 aromatic carbocycles. The van der Waals surface area contributed by atoms with E-state index < -0.39 is 23.5 Å². The number of carboxylic acids is 1. The minimum atomic E-state index is -1.44. The molecule has 0 aliphatic carbocycles. The molecule has 1 aliphatic rings. The van der Waals surface area contributed by atoms with Crippen molar-refractivity contribution in [2.75, 3.05) is 6.61 Å². The first-order valence-electron chi connectivity index (χ1n) is 8.08. The third kappa shape index (κ3) is 3.66. The van der Waals surface area contributed by atoms with E-state index in [0.717, 1.165) is 5.56 Å². The quantitative estimate of drug-likeness (QED) is 0.825. The summed E-state index contributed by atoms with van der Waals surface area (Å²) in [7, 11) is 0. The van der Waals surface area contributed by atoms with E-state index in [1.807, 2.05) is 30.3 Å². The van der Waals surface area contributed by atoms with Gasteiger partial charge in [0.2, 0.25) is 0 Å². The predicted molar refractivity (Wildman–Crippen MR) is 89.0 cm³/mol. The molecule has 25 heavy (non-hydrogen) atoms. The van der Waals surface area contributed by atoms with Crippen molar-refractivity contribution in [3.8, 4) is 0 Å². The van der Waals surface area contributed by atoms with Crippen LogP contribution in [0.3, 0.4) is 0 Å². The van der Waals surface area contributed by atoms with Gasteiger partial charge in [-0.25, -0.2) is 14.8 Å². The molecule has 0 bridgehead atoms. The van der Waals surface area contributed by atoms with Crippen LogP contribution >= 0.6 is 0 Å². The number of benzene rings is 1. The summed E-state index contributed by atoms with van der Waals surface area (Å²) in [6.07, 6.45) is 4.82. The average Bonchev–Trinajstić information content (AvgIpc) is 3.05. The normalized spacial score (nSPS) is 22.5. The van der Waals surface area contributed by atoms with Gasteiger partial charge in [-0.15, -0.1) is 0 Å². The fourth-order valence-electron chi connectivity index (χ4n) is 3.07. The molecule has 2 aromatic rings. The van der Waals surface area contributed by atoms with Gasteiger partial charge in [-0.05, 0) is 18.4 Å². The zero-order chi connectivity index (χ0) is 17.7. The van der Waals surface area contributed by atoms with Crippen LogP contribution in [0.1, 0.15) is 28.8 Å². The van der Waals surface area contributed by atoms with Crippen LogP contribution in [0, 0.1) is 0 Å². The highest BCUT2D eigenvalue weighted by atomic mass is 16.5. The van der Waals surface area contributed by atoms with Crippen molar-refractivity contribution in [3.05, 3.63) is 60.2 Å². The molecule has 1 amide bonds.